The number of carbonyl (C=O) groups is 2. The van der Waals surface area contributed by atoms with Gasteiger partial charge in [0.05, 0.1) is 13.2 Å². The molecule has 0 atom stereocenters. The molecule has 0 heterocycles. The molecule has 8 heteroatoms. The number of aryl methyl sites for hydroxylation is 2. The van der Waals surface area contributed by atoms with E-state index < -0.39 is 11.9 Å². The summed E-state index contributed by atoms with van der Waals surface area (Å²) in [5.74, 6) is -2.69. The SMILES string of the molecule is Cc1cc(Br)cc(C)c1OCCOCCN(C)Cc1ccccc1.O=C(O)C(=O)O. The number of ether oxygens (including phenoxy) is 2. The van der Waals surface area contributed by atoms with Gasteiger partial charge in [0, 0.05) is 17.6 Å². The molecule has 0 aliphatic carbocycles. The van der Waals surface area contributed by atoms with E-state index in [-0.39, 0.29) is 0 Å². The molecule has 2 aromatic carbocycles. The molecular formula is C22H28BrNO6. The minimum Gasteiger partial charge on any atom is -0.491 e. The van der Waals surface area contributed by atoms with Crippen molar-refractivity contribution in [3.63, 3.8) is 0 Å². The first-order valence-corrected chi connectivity index (χ1v) is 10.2. The van der Waals surface area contributed by atoms with Crippen molar-refractivity contribution in [2.75, 3.05) is 33.4 Å². The fourth-order valence-corrected chi connectivity index (χ4v) is 3.31. The molecular weight excluding hydrogens is 454 g/mol. The van der Waals surface area contributed by atoms with Crippen LogP contribution in [0.5, 0.6) is 5.75 Å². The first kappa shape index (κ1) is 25.6. The molecule has 7 nitrogen and oxygen atoms in total. The standard InChI is InChI=1S/C20H26BrNO2.C2H2O4/c1-16-13-19(21)14-17(2)20(16)24-12-11-23-10-9-22(3)15-18-7-5-4-6-8-18;3-1(4)2(5)6/h4-8,13-14H,9-12,15H2,1-3H3;(H,3,4)(H,5,6). The third-order valence-corrected chi connectivity index (χ3v) is 4.45. The summed E-state index contributed by atoms with van der Waals surface area (Å²) in [5.41, 5.74) is 3.61. The van der Waals surface area contributed by atoms with Gasteiger partial charge in [-0.2, -0.15) is 0 Å². The van der Waals surface area contributed by atoms with E-state index in [0.717, 1.165) is 34.4 Å². The Labute approximate surface area is 185 Å². The molecule has 0 aliphatic rings. The third-order valence-electron chi connectivity index (χ3n) is 3.99. The van der Waals surface area contributed by atoms with E-state index in [4.69, 9.17) is 29.3 Å². The highest BCUT2D eigenvalue weighted by atomic mass is 79.9. The lowest BCUT2D eigenvalue weighted by molar-refractivity contribution is -0.159. The molecule has 0 bridgehead atoms. The van der Waals surface area contributed by atoms with E-state index in [0.29, 0.717) is 19.8 Å². The fourth-order valence-electron chi connectivity index (χ4n) is 2.62. The van der Waals surface area contributed by atoms with Gasteiger partial charge in [0.2, 0.25) is 0 Å². The van der Waals surface area contributed by atoms with Crippen LogP contribution in [0.1, 0.15) is 16.7 Å². The van der Waals surface area contributed by atoms with Crippen LogP contribution in [0.4, 0.5) is 0 Å². The van der Waals surface area contributed by atoms with Gasteiger partial charge >= 0.3 is 11.9 Å². The van der Waals surface area contributed by atoms with Crippen molar-refractivity contribution in [3.05, 3.63) is 63.6 Å². The predicted molar refractivity (Wildman–Crippen MR) is 118 cm³/mol. The van der Waals surface area contributed by atoms with Gasteiger partial charge in [-0.25, -0.2) is 9.59 Å². The minimum atomic E-state index is -1.82. The van der Waals surface area contributed by atoms with E-state index in [1.165, 1.54) is 5.56 Å². The van der Waals surface area contributed by atoms with Crippen LogP contribution in [0.15, 0.2) is 46.9 Å². The van der Waals surface area contributed by atoms with Crippen LogP contribution in [-0.4, -0.2) is 60.5 Å². The molecule has 0 saturated carbocycles. The zero-order valence-electron chi connectivity index (χ0n) is 17.4. The van der Waals surface area contributed by atoms with Crippen molar-refractivity contribution in [2.45, 2.75) is 20.4 Å². The number of halogens is 1. The van der Waals surface area contributed by atoms with Crippen LogP contribution >= 0.6 is 15.9 Å². The molecule has 0 amide bonds. The number of likely N-dealkylation sites (N-methyl/N-ethyl adjacent to an activating group) is 1. The minimum absolute atomic E-state index is 0.575. The highest BCUT2D eigenvalue weighted by Gasteiger charge is 2.06. The Morgan fingerprint density at radius 2 is 1.53 bits per heavy atom. The van der Waals surface area contributed by atoms with Crippen LogP contribution < -0.4 is 4.74 Å². The summed E-state index contributed by atoms with van der Waals surface area (Å²) in [7, 11) is 2.11. The largest absolute Gasteiger partial charge is 0.491 e. The van der Waals surface area contributed by atoms with Gasteiger partial charge in [0.25, 0.3) is 0 Å². The van der Waals surface area contributed by atoms with Gasteiger partial charge in [0.15, 0.2) is 0 Å². The summed E-state index contributed by atoms with van der Waals surface area (Å²) in [4.78, 5) is 20.5. The number of benzene rings is 2. The lowest BCUT2D eigenvalue weighted by Crippen LogP contribution is -2.23. The van der Waals surface area contributed by atoms with Gasteiger partial charge < -0.3 is 19.7 Å². The average molecular weight is 482 g/mol. The maximum Gasteiger partial charge on any atom is 0.414 e. The summed E-state index contributed by atoms with van der Waals surface area (Å²) < 4.78 is 12.6. The fraction of sp³-hybridized carbons (Fsp3) is 0.364. The van der Waals surface area contributed by atoms with Gasteiger partial charge in [-0.05, 0) is 49.7 Å². The molecule has 164 valence electrons. The number of hydrogen-bond donors (Lipinski definition) is 2. The van der Waals surface area contributed by atoms with Crippen LogP contribution in [0.3, 0.4) is 0 Å². The molecule has 0 unspecified atom stereocenters. The van der Waals surface area contributed by atoms with Gasteiger partial charge in [0.1, 0.15) is 12.4 Å². The number of carboxylic acid groups (broad SMARTS) is 2. The van der Waals surface area contributed by atoms with Crippen LogP contribution in [0.25, 0.3) is 0 Å². The molecule has 30 heavy (non-hydrogen) atoms. The van der Waals surface area contributed by atoms with Crippen molar-refractivity contribution in [3.8, 4) is 5.75 Å². The van der Waals surface area contributed by atoms with Crippen molar-refractivity contribution < 1.29 is 29.3 Å². The topological polar surface area (TPSA) is 96.3 Å². The number of rotatable bonds is 9. The first-order valence-electron chi connectivity index (χ1n) is 9.36. The Bertz CT molecular complexity index is 778. The number of aliphatic carboxylic acids is 2. The molecule has 0 fully saturated rings. The zero-order valence-corrected chi connectivity index (χ0v) is 19.0. The summed E-state index contributed by atoms with van der Waals surface area (Å²) in [6.45, 7) is 7.87. The first-order chi connectivity index (χ1) is 14.2. The predicted octanol–water partition coefficient (Wildman–Crippen LogP) is 3.75. The summed E-state index contributed by atoms with van der Waals surface area (Å²) in [6, 6.07) is 14.6. The second-order valence-electron chi connectivity index (χ2n) is 6.66. The van der Waals surface area contributed by atoms with Crippen molar-refractivity contribution in [1.82, 2.24) is 4.90 Å². The third kappa shape index (κ3) is 10.4. The Morgan fingerprint density at radius 3 is 2.07 bits per heavy atom. The molecule has 0 aliphatic heterocycles. The van der Waals surface area contributed by atoms with Crippen molar-refractivity contribution in [2.24, 2.45) is 0 Å². The summed E-state index contributed by atoms with van der Waals surface area (Å²) in [5, 5.41) is 14.8. The number of carboxylic acids is 2. The Balaban J connectivity index is 0.000000656. The Kier molecular flexibility index (Phi) is 11.7. The summed E-state index contributed by atoms with van der Waals surface area (Å²) >= 11 is 3.50. The van der Waals surface area contributed by atoms with Crippen LogP contribution in [0.2, 0.25) is 0 Å². The van der Waals surface area contributed by atoms with E-state index in [1.807, 2.05) is 6.07 Å². The molecule has 2 N–H and O–H groups in total. The van der Waals surface area contributed by atoms with Gasteiger partial charge in [-0.3, -0.25) is 4.90 Å². The molecule has 0 saturated heterocycles. The normalized spacial score (nSPS) is 10.3. The van der Waals surface area contributed by atoms with E-state index in [1.54, 1.807) is 0 Å². The van der Waals surface area contributed by atoms with Gasteiger partial charge in [-0.1, -0.05) is 46.3 Å². The molecule has 0 spiro atoms. The number of nitrogens with zero attached hydrogens (tertiary/aromatic N) is 1. The van der Waals surface area contributed by atoms with E-state index in [9.17, 15) is 0 Å². The Morgan fingerprint density at radius 1 is 0.967 bits per heavy atom. The molecule has 0 aromatic heterocycles. The highest BCUT2D eigenvalue weighted by molar-refractivity contribution is 9.10. The van der Waals surface area contributed by atoms with Gasteiger partial charge in [-0.15, -0.1) is 0 Å². The average Bonchev–Trinajstić information content (AvgIpc) is 2.67. The smallest absolute Gasteiger partial charge is 0.414 e. The molecule has 2 aromatic rings. The zero-order chi connectivity index (χ0) is 22.5. The Hall–Kier alpha value is -2.42. The lowest BCUT2D eigenvalue weighted by atomic mass is 10.1. The van der Waals surface area contributed by atoms with Crippen molar-refractivity contribution >= 4 is 27.9 Å². The quantitative estimate of drug-likeness (QED) is 0.415. The van der Waals surface area contributed by atoms with E-state index in [2.05, 4.69) is 78.1 Å². The maximum atomic E-state index is 9.10. The maximum absolute atomic E-state index is 9.10. The molecule has 0 radical (unpaired) electrons. The monoisotopic (exact) mass is 481 g/mol. The second-order valence-corrected chi connectivity index (χ2v) is 7.58. The summed E-state index contributed by atoms with van der Waals surface area (Å²) in [6.07, 6.45) is 0. The van der Waals surface area contributed by atoms with Crippen molar-refractivity contribution in [1.29, 1.82) is 0 Å². The number of hydrogen-bond acceptors (Lipinski definition) is 5. The highest BCUT2D eigenvalue weighted by Crippen LogP contribution is 2.27. The second kappa shape index (κ2) is 13.7. The lowest BCUT2D eigenvalue weighted by Gasteiger charge is -2.17. The van der Waals surface area contributed by atoms with Crippen LogP contribution in [-0.2, 0) is 20.9 Å². The van der Waals surface area contributed by atoms with E-state index >= 15 is 0 Å². The molecule has 2 rings (SSSR count). The van der Waals surface area contributed by atoms with Crippen LogP contribution in [0, 0.1) is 13.8 Å².